The number of fused-ring (bicyclic) bond motifs is 1. The molecule has 2 amide bonds. The lowest BCUT2D eigenvalue weighted by molar-refractivity contribution is -0.119. The third-order valence-electron chi connectivity index (χ3n) is 5.85. The molecule has 33 heavy (non-hydrogen) atoms. The summed E-state index contributed by atoms with van der Waals surface area (Å²) in [5.41, 5.74) is 2.10. The van der Waals surface area contributed by atoms with Crippen molar-refractivity contribution in [1.29, 1.82) is 0 Å². The van der Waals surface area contributed by atoms with Gasteiger partial charge in [-0.2, -0.15) is 0 Å². The van der Waals surface area contributed by atoms with Gasteiger partial charge in [-0.05, 0) is 18.1 Å². The Kier molecular flexibility index (Phi) is 5.76. The van der Waals surface area contributed by atoms with Crippen molar-refractivity contribution in [2.75, 3.05) is 35.7 Å². The Labute approximate surface area is 194 Å². The number of amides is 2. The highest BCUT2D eigenvalue weighted by molar-refractivity contribution is 7.99. The molecule has 2 aliphatic rings. The van der Waals surface area contributed by atoms with Crippen LogP contribution in [0.4, 0.5) is 15.8 Å². The zero-order valence-corrected chi connectivity index (χ0v) is 18.9. The molecule has 1 saturated heterocycles. The van der Waals surface area contributed by atoms with Crippen LogP contribution in [0, 0.1) is 5.82 Å². The number of halogens is 1. The second kappa shape index (κ2) is 8.86. The molecule has 2 aromatic carbocycles. The molecule has 0 spiro atoms. The summed E-state index contributed by atoms with van der Waals surface area (Å²) < 4.78 is 16.3. The number of likely N-dealkylation sites (N-methyl/N-ethyl adjacent to an activating group) is 1. The van der Waals surface area contributed by atoms with Gasteiger partial charge in [0.2, 0.25) is 11.7 Å². The molecule has 170 valence electrons. The Hall–Kier alpha value is -3.40. The lowest BCUT2D eigenvalue weighted by Crippen LogP contribution is -2.48. The van der Waals surface area contributed by atoms with E-state index < -0.39 is 11.9 Å². The van der Waals surface area contributed by atoms with Crippen LogP contribution < -0.4 is 15.1 Å². The fraction of sp³-hybridized carbons (Fsp3) is 0.304. The van der Waals surface area contributed by atoms with Crippen molar-refractivity contribution < 1.29 is 14.0 Å². The van der Waals surface area contributed by atoms with E-state index in [-0.39, 0.29) is 17.5 Å². The molecule has 1 fully saturated rings. The van der Waals surface area contributed by atoms with E-state index in [9.17, 15) is 14.0 Å². The van der Waals surface area contributed by atoms with Crippen LogP contribution in [-0.2, 0) is 11.3 Å². The first kappa shape index (κ1) is 21.4. The van der Waals surface area contributed by atoms with Crippen LogP contribution in [0.3, 0.4) is 0 Å². The van der Waals surface area contributed by atoms with Crippen LogP contribution >= 0.6 is 11.8 Å². The van der Waals surface area contributed by atoms with E-state index in [0.717, 1.165) is 30.0 Å². The Morgan fingerprint density at radius 1 is 1.21 bits per heavy atom. The smallest absolute Gasteiger partial charge is 0.291 e. The van der Waals surface area contributed by atoms with Crippen molar-refractivity contribution in [3.8, 4) is 0 Å². The van der Waals surface area contributed by atoms with Gasteiger partial charge in [-0.25, -0.2) is 14.1 Å². The van der Waals surface area contributed by atoms with Gasteiger partial charge in [0.15, 0.2) is 0 Å². The average molecular weight is 467 g/mol. The minimum absolute atomic E-state index is 0.000686. The highest BCUT2D eigenvalue weighted by Crippen LogP contribution is 2.39. The zero-order chi connectivity index (χ0) is 22.9. The number of carbonyl (C=O) groups excluding carboxylic acids is 2. The molecule has 0 aliphatic carbocycles. The van der Waals surface area contributed by atoms with Gasteiger partial charge in [0.05, 0.1) is 17.9 Å². The monoisotopic (exact) mass is 466 g/mol. The maximum absolute atomic E-state index is 14.7. The molecule has 3 heterocycles. The zero-order valence-electron chi connectivity index (χ0n) is 18.1. The number of nitrogens with one attached hydrogen (secondary N) is 1. The molecule has 0 unspecified atom stereocenters. The van der Waals surface area contributed by atoms with E-state index in [0.29, 0.717) is 23.7 Å². The number of hydrogen-bond acceptors (Lipinski definition) is 6. The number of aromatic nitrogens is 3. The first-order valence-corrected chi connectivity index (χ1v) is 11.7. The van der Waals surface area contributed by atoms with E-state index in [1.807, 2.05) is 35.2 Å². The minimum Gasteiger partial charge on any atom is -0.369 e. The number of anilines is 2. The molecule has 5 rings (SSSR count). The number of hydrogen-bond donors (Lipinski definition) is 1. The molecule has 0 bridgehead atoms. The molecule has 3 aromatic rings. The molecule has 2 aliphatic heterocycles. The third kappa shape index (κ3) is 4.30. The van der Waals surface area contributed by atoms with E-state index >= 15 is 0 Å². The van der Waals surface area contributed by atoms with Gasteiger partial charge in [0.25, 0.3) is 5.91 Å². The fourth-order valence-electron chi connectivity index (χ4n) is 3.88. The molecule has 0 saturated carbocycles. The molecule has 1 aromatic heterocycles. The van der Waals surface area contributed by atoms with Gasteiger partial charge in [-0.1, -0.05) is 30.3 Å². The van der Waals surface area contributed by atoms with E-state index in [1.165, 1.54) is 29.1 Å². The highest BCUT2D eigenvalue weighted by Gasteiger charge is 2.32. The van der Waals surface area contributed by atoms with Crippen molar-refractivity contribution in [3.63, 3.8) is 0 Å². The predicted molar refractivity (Wildman–Crippen MR) is 124 cm³/mol. The Morgan fingerprint density at radius 3 is 2.73 bits per heavy atom. The van der Waals surface area contributed by atoms with Crippen LogP contribution in [0.25, 0.3) is 0 Å². The fourth-order valence-corrected chi connectivity index (χ4v) is 4.99. The first-order chi connectivity index (χ1) is 16.0. The lowest BCUT2D eigenvalue weighted by atomic mass is 10.1. The van der Waals surface area contributed by atoms with Gasteiger partial charge >= 0.3 is 0 Å². The van der Waals surface area contributed by atoms with Gasteiger partial charge in [0, 0.05) is 36.9 Å². The van der Waals surface area contributed by atoms with Crippen LogP contribution in [0.15, 0.2) is 53.7 Å². The summed E-state index contributed by atoms with van der Waals surface area (Å²) in [5, 5.41) is 6.99. The number of rotatable bonds is 5. The van der Waals surface area contributed by atoms with Crippen LogP contribution in [0.5, 0.6) is 0 Å². The molecular formula is C23H23FN6O2S. The second-order valence-electron chi connectivity index (χ2n) is 8.10. The summed E-state index contributed by atoms with van der Waals surface area (Å²) in [4.78, 5) is 34.1. The Morgan fingerprint density at radius 2 is 2.00 bits per heavy atom. The second-order valence-corrected chi connectivity index (χ2v) is 9.16. The third-order valence-corrected chi connectivity index (χ3v) is 6.99. The predicted octanol–water partition coefficient (Wildman–Crippen LogP) is 2.54. The lowest BCUT2D eigenvalue weighted by Gasteiger charge is -2.34. The summed E-state index contributed by atoms with van der Waals surface area (Å²) in [6.45, 7) is 2.15. The van der Waals surface area contributed by atoms with Crippen LogP contribution in [-0.4, -0.2) is 58.5 Å². The van der Waals surface area contributed by atoms with E-state index in [4.69, 9.17) is 0 Å². The largest absolute Gasteiger partial charge is 0.369 e. The van der Waals surface area contributed by atoms with Crippen LogP contribution in [0.1, 0.15) is 22.6 Å². The standard InChI is InChI=1S/C23H23FN6O2S/c1-28-19-10-16(24)18(29-8-5-9-29)11-20(19)33-13-17(23(28)32)26-22(31)21-25-14-30(27-21)12-15-6-3-2-4-7-15/h2-4,6-7,10-11,14,17H,5,8-9,12-13H2,1H3,(H,26,31)/t17-/m0/s1. The Balaban J connectivity index is 1.29. The average Bonchev–Trinajstić information content (AvgIpc) is 3.21. The Bertz CT molecular complexity index is 1200. The maximum Gasteiger partial charge on any atom is 0.291 e. The van der Waals surface area contributed by atoms with Gasteiger partial charge in [-0.3, -0.25) is 9.59 Å². The molecule has 10 heteroatoms. The van der Waals surface area contributed by atoms with E-state index in [1.54, 1.807) is 17.8 Å². The van der Waals surface area contributed by atoms with Crippen molar-refractivity contribution in [3.05, 3.63) is 66.0 Å². The molecule has 8 nitrogen and oxygen atoms in total. The van der Waals surface area contributed by atoms with Crippen molar-refractivity contribution in [2.45, 2.75) is 23.9 Å². The summed E-state index contributed by atoms with van der Waals surface area (Å²) in [6, 6.07) is 12.2. The maximum atomic E-state index is 14.7. The van der Waals surface area contributed by atoms with Gasteiger partial charge < -0.3 is 15.1 Å². The molecule has 1 N–H and O–H groups in total. The normalized spacial score (nSPS) is 17.9. The van der Waals surface area contributed by atoms with Gasteiger partial charge in [-0.15, -0.1) is 16.9 Å². The highest BCUT2D eigenvalue weighted by atomic mass is 32.2. The first-order valence-electron chi connectivity index (χ1n) is 10.7. The van der Waals surface area contributed by atoms with Crippen molar-refractivity contribution >= 4 is 35.0 Å². The number of carbonyl (C=O) groups is 2. The van der Waals surface area contributed by atoms with Crippen LogP contribution in [0.2, 0.25) is 0 Å². The summed E-state index contributed by atoms with van der Waals surface area (Å²) in [7, 11) is 1.60. The number of benzene rings is 2. The SMILES string of the molecule is CN1C(=O)[C@@H](NC(=O)c2ncn(Cc3ccccc3)n2)CSc2cc(N3CCC3)c(F)cc21. The molecule has 0 radical (unpaired) electrons. The summed E-state index contributed by atoms with van der Waals surface area (Å²) >= 11 is 1.43. The number of thioether (sulfide) groups is 1. The summed E-state index contributed by atoms with van der Waals surface area (Å²) in [5.74, 6) is -0.844. The van der Waals surface area contributed by atoms with Crippen molar-refractivity contribution in [1.82, 2.24) is 20.1 Å². The molecular weight excluding hydrogens is 443 g/mol. The summed E-state index contributed by atoms with van der Waals surface area (Å²) in [6.07, 6.45) is 2.54. The topological polar surface area (TPSA) is 83.4 Å². The number of nitrogens with zero attached hydrogens (tertiary/aromatic N) is 5. The van der Waals surface area contributed by atoms with Gasteiger partial charge in [0.1, 0.15) is 18.2 Å². The van der Waals surface area contributed by atoms with E-state index in [2.05, 4.69) is 15.4 Å². The minimum atomic E-state index is -0.781. The van der Waals surface area contributed by atoms with Crippen molar-refractivity contribution in [2.24, 2.45) is 0 Å². The molecule has 1 atom stereocenters. The quantitative estimate of drug-likeness (QED) is 0.622.